The first-order valence-electron chi connectivity index (χ1n) is 5.79. The standard InChI is InChI=1S/C13H15N3O3/c1-9-7-12(16-19-9)15-13(17)8-14-10-5-3-4-6-11(10)18-2/h3-7,14H,8H2,1-2H3,(H,15,16,17). The van der Waals surface area contributed by atoms with Crippen LogP contribution in [0.5, 0.6) is 5.75 Å². The van der Waals surface area contributed by atoms with Crippen molar-refractivity contribution in [2.45, 2.75) is 6.92 Å². The Kier molecular flexibility index (Phi) is 4.02. The van der Waals surface area contributed by atoms with Gasteiger partial charge in [0.1, 0.15) is 11.5 Å². The van der Waals surface area contributed by atoms with Crippen LogP contribution in [-0.2, 0) is 4.79 Å². The SMILES string of the molecule is COc1ccccc1NCC(=O)Nc1cc(C)on1. The summed E-state index contributed by atoms with van der Waals surface area (Å²) >= 11 is 0. The van der Waals surface area contributed by atoms with Gasteiger partial charge in [-0.1, -0.05) is 17.3 Å². The lowest BCUT2D eigenvalue weighted by Gasteiger charge is -2.10. The Bertz CT molecular complexity index is 566. The number of para-hydroxylation sites is 2. The average molecular weight is 261 g/mol. The summed E-state index contributed by atoms with van der Waals surface area (Å²) in [5.74, 6) is 1.53. The predicted molar refractivity (Wildman–Crippen MR) is 71.4 cm³/mol. The van der Waals surface area contributed by atoms with Crippen LogP contribution < -0.4 is 15.4 Å². The first-order chi connectivity index (χ1) is 9.19. The molecule has 0 unspecified atom stereocenters. The van der Waals surface area contributed by atoms with Crippen LogP contribution in [0.2, 0.25) is 0 Å². The van der Waals surface area contributed by atoms with E-state index < -0.39 is 0 Å². The van der Waals surface area contributed by atoms with Gasteiger partial charge in [-0.2, -0.15) is 0 Å². The van der Waals surface area contributed by atoms with Gasteiger partial charge in [0, 0.05) is 6.07 Å². The molecule has 1 aromatic heterocycles. The molecule has 2 N–H and O–H groups in total. The molecule has 6 heteroatoms. The second-order valence-electron chi connectivity index (χ2n) is 3.92. The normalized spacial score (nSPS) is 10.0. The number of ether oxygens (including phenoxy) is 1. The van der Waals surface area contributed by atoms with Crippen molar-refractivity contribution in [2.24, 2.45) is 0 Å². The molecule has 0 aliphatic rings. The van der Waals surface area contributed by atoms with Gasteiger partial charge in [0.2, 0.25) is 5.91 Å². The first-order valence-corrected chi connectivity index (χ1v) is 5.79. The van der Waals surface area contributed by atoms with Crippen LogP contribution in [0.3, 0.4) is 0 Å². The van der Waals surface area contributed by atoms with E-state index in [1.807, 2.05) is 24.3 Å². The summed E-state index contributed by atoms with van der Waals surface area (Å²) in [5, 5.41) is 9.30. The molecule has 1 heterocycles. The van der Waals surface area contributed by atoms with E-state index in [4.69, 9.17) is 9.26 Å². The fourth-order valence-corrected chi connectivity index (χ4v) is 1.58. The molecular weight excluding hydrogens is 246 g/mol. The molecular formula is C13H15N3O3. The van der Waals surface area contributed by atoms with Crippen LogP contribution >= 0.6 is 0 Å². The summed E-state index contributed by atoms with van der Waals surface area (Å²) in [4.78, 5) is 11.7. The molecule has 100 valence electrons. The number of methoxy groups -OCH3 is 1. The van der Waals surface area contributed by atoms with Crippen LogP contribution in [0.25, 0.3) is 0 Å². The first kappa shape index (κ1) is 12.9. The van der Waals surface area contributed by atoms with Crippen LogP contribution in [-0.4, -0.2) is 24.7 Å². The van der Waals surface area contributed by atoms with Crippen molar-refractivity contribution in [3.63, 3.8) is 0 Å². The Morgan fingerprint density at radius 2 is 2.21 bits per heavy atom. The third kappa shape index (κ3) is 3.48. The zero-order chi connectivity index (χ0) is 13.7. The molecule has 1 aromatic carbocycles. The van der Waals surface area contributed by atoms with Crippen LogP contribution in [0.4, 0.5) is 11.5 Å². The number of carbonyl (C=O) groups excluding carboxylic acids is 1. The molecule has 2 rings (SSSR count). The van der Waals surface area contributed by atoms with Crippen molar-refractivity contribution < 1.29 is 14.1 Å². The lowest BCUT2D eigenvalue weighted by Crippen LogP contribution is -2.22. The second-order valence-corrected chi connectivity index (χ2v) is 3.92. The van der Waals surface area contributed by atoms with Gasteiger partial charge in [-0.3, -0.25) is 4.79 Å². The number of nitrogens with zero attached hydrogens (tertiary/aromatic N) is 1. The number of aryl methyl sites for hydroxylation is 1. The number of hydrogen-bond acceptors (Lipinski definition) is 5. The van der Waals surface area contributed by atoms with Gasteiger partial charge in [-0.25, -0.2) is 0 Å². The minimum atomic E-state index is -0.209. The molecule has 2 aromatic rings. The molecule has 0 saturated carbocycles. The van der Waals surface area contributed by atoms with E-state index in [0.29, 0.717) is 17.3 Å². The van der Waals surface area contributed by atoms with Gasteiger partial charge in [-0.15, -0.1) is 0 Å². The van der Waals surface area contributed by atoms with Gasteiger partial charge in [0.15, 0.2) is 5.82 Å². The summed E-state index contributed by atoms with van der Waals surface area (Å²) in [6.07, 6.45) is 0. The summed E-state index contributed by atoms with van der Waals surface area (Å²) in [6.45, 7) is 1.88. The maximum Gasteiger partial charge on any atom is 0.244 e. The van der Waals surface area contributed by atoms with E-state index in [2.05, 4.69) is 15.8 Å². The quantitative estimate of drug-likeness (QED) is 0.861. The van der Waals surface area contributed by atoms with Gasteiger partial charge in [-0.05, 0) is 19.1 Å². The zero-order valence-electron chi connectivity index (χ0n) is 10.8. The minimum Gasteiger partial charge on any atom is -0.495 e. The van der Waals surface area contributed by atoms with Crippen molar-refractivity contribution in [3.05, 3.63) is 36.1 Å². The molecule has 0 aliphatic heterocycles. The second kappa shape index (κ2) is 5.90. The third-order valence-corrected chi connectivity index (χ3v) is 2.44. The minimum absolute atomic E-state index is 0.117. The molecule has 0 radical (unpaired) electrons. The summed E-state index contributed by atoms with van der Waals surface area (Å²) in [6, 6.07) is 9.04. The zero-order valence-corrected chi connectivity index (χ0v) is 10.8. The fourth-order valence-electron chi connectivity index (χ4n) is 1.58. The lowest BCUT2D eigenvalue weighted by molar-refractivity contribution is -0.114. The fraction of sp³-hybridized carbons (Fsp3) is 0.231. The number of carbonyl (C=O) groups is 1. The number of rotatable bonds is 5. The predicted octanol–water partition coefficient (Wildman–Crippen LogP) is 2.04. The van der Waals surface area contributed by atoms with E-state index in [9.17, 15) is 4.79 Å². The molecule has 0 aliphatic carbocycles. The maximum absolute atomic E-state index is 11.7. The molecule has 19 heavy (non-hydrogen) atoms. The van der Waals surface area contributed by atoms with Gasteiger partial charge in [0.05, 0.1) is 19.3 Å². The lowest BCUT2D eigenvalue weighted by atomic mass is 10.3. The van der Waals surface area contributed by atoms with Crippen molar-refractivity contribution in [1.29, 1.82) is 0 Å². The monoisotopic (exact) mass is 261 g/mol. The number of anilines is 2. The Labute approximate surface area is 110 Å². The van der Waals surface area contributed by atoms with Gasteiger partial charge < -0.3 is 19.9 Å². The molecule has 0 spiro atoms. The highest BCUT2D eigenvalue weighted by atomic mass is 16.5. The number of hydrogen-bond donors (Lipinski definition) is 2. The Hall–Kier alpha value is -2.50. The van der Waals surface area contributed by atoms with E-state index in [1.165, 1.54) is 0 Å². The van der Waals surface area contributed by atoms with E-state index >= 15 is 0 Å². The van der Waals surface area contributed by atoms with Crippen LogP contribution in [0.15, 0.2) is 34.9 Å². The summed E-state index contributed by atoms with van der Waals surface area (Å²) < 4.78 is 10.0. The van der Waals surface area contributed by atoms with E-state index in [-0.39, 0.29) is 12.5 Å². The van der Waals surface area contributed by atoms with Crippen LogP contribution in [0, 0.1) is 6.92 Å². The Balaban J connectivity index is 1.89. The highest BCUT2D eigenvalue weighted by Gasteiger charge is 2.07. The average Bonchev–Trinajstić information content (AvgIpc) is 2.82. The van der Waals surface area contributed by atoms with E-state index in [1.54, 1.807) is 20.1 Å². The summed E-state index contributed by atoms with van der Waals surface area (Å²) in [7, 11) is 1.58. The largest absolute Gasteiger partial charge is 0.495 e. The summed E-state index contributed by atoms with van der Waals surface area (Å²) in [5.41, 5.74) is 0.761. The van der Waals surface area contributed by atoms with Gasteiger partial charge >= 0.3 is 0 Å². The van der Waals surface area contributed by atoms with Crippen molar-refractivity contribution in [2.75, 3.05) is 24.3 Å². The third-order valence-electron chi connectivity index (χ3n) is 2.44. The van der Waals surface area contributed by atoms with Crippen molar-refractivity contribution in [1.82, 2.24) is 5.16 Å². The molecule has 6 nitrogen and oxygen atoms in total. The van der Waals surface area contributed by atoms with Crippen LogP contribution in [0.1, 0.15) is 5.76 Å². The number of nitrogens with one attached hydrogen (secondary N) is 2. The Morgan fingerprint density at radius 1 is 1.42 bits per heavy atom. The smallest absolute Gasteiger partial charge is 0.244 e. The molecule has 0 fully saturated rings. The highest BCUT2D eigenvalue weighted by molar-refractivity contribution is 5.93. The molecule has 0 bridgehead atoms. The number of benzene rings is 1. The molecule has 1 amide bonds. The Morgan fingerprint density at radius 3 is 2.89 bits per heavy atom. The van der Waals surface area contributed by atoms with E-state index in [0.717, 1.165) is 5.69 Å². The van der Waals surface area contributed by atoms with Gasteiger partial charge in [0.25, 0.3) is 0 Å². The maximum atomic E-state index is 11.7. The topological polar surface area (TPSA) is 76.4 Å². The molecule has 0 saturated heterocycles. The molecule has 0 atom stereocenters. The highest BCUT2D eigenvalue weighted by Crippen LogP contribution is 2.22. The van der Waals surface area contributed by atoms with Crippen molar-refractivity contribution in [3.8, 4) is 5.75 Å². The van der Waals surface area contributed by atoms with Crippen molar-refractivity contribution >= 4 is 17.4 Å². The number of aromatic nitrogens is 1. The number of amides is 1.